The lowest BCUT2D eigenvalue weighted by atomic mass is 9.83. The van der Waals surface area contributed by atoms with Crippen molar-refractivity contribution in [2.24, 2.45) is 17.3 Å². The van der Waals surface area contributed by atoms with Crippen molar-refractivity contribution in [3.63, 3.8) is 0 Å². The summed E-state index contributed by atoms with van der Waals surface area (Å²) in [5.74, 6) is 0.277. The summed E-state index contributed by atoms with van der Waals surface area (Å²) in [6.07, 6.45) is -0.111. The molecule has 2 atom stereocenters. The fraction of sp³-hybridized carbons (Fsp3) is 0.857. The lowest BCUT2D eigenvalue weighted by molar-refractivity contribution is -0.171. The molecule has 4 heteroatoms. The number of hydrogen-bond acceptors (Lipinski definition) is 4. The fourth-order valence-corrected chi connectivity index (χ4v) is 1.28. The van der Waals surface area contributed by atoms with E-state index in [4.69, 9.17) is 9.47 Å². The molecule has 0 radical (unpaired) electrons. The summed E-state index contributed by atoms with van der Waals surface area (Å²) >= 11 is 0. The molecule has 0 aromatic rings. The molecule has 0 saturated carbocycles. The number of esters is 1. The van der Waals surface area contributed by atoms with Crippen LogP contribution in [-0.4, -0.2) is 25.2 Å². The van der Waals surface area contributed by atoms with Crippen molar-refractivity contribution in [1.82, 2.24) is 0 Å². The van der Waals surface area contributed by atoms with E-state index in [1.165, 1.54) is 0 Å². The Balaban J connectivity index is 4.54. The maximum absolute atomic E-state index is 12.0. The summed E-state index contributed by atoms with van der Waals surface area (Å²) in [4.78, 5) is 22.5. The Hall–Kier alpha value is -1.06. The molecule has 0 amide bonds. The predicted octanol–water partition coefficient (Wildman–Crippen LogP) is 2.80. The fourth-order valence-electron chi connectivity index (χ4n) is 1.28. The highest BCUT2D eigenvalue weighted by molar-refractivity contribution is 5.76. The molecular weight excluding hydrogens is 232 g/mol. The van der Waals surface area contributed by atoms with Crippen LogP contribution in [0.3, 0.4) is 0 Å². The highest BCUT2D eigenvalue weighted by Gasteiger charge is 2.37. The van der Waals surface area contributed by atoms with Gasteiger partial charge in [0.2, 0.25) is 6.10 Å². The number of rotatable bonds is 8. The largest absolute Gasteiger partial charge is 0.463 e. The second kappa shape index (κ2) is 7.39. The summed E-state index contributed by atoms with van der Waals surface area (Å²) in [7, 11) is 0. The van der Waals surface area contributed by atoms with E-state index in [-0.39, 0.29) is 5.92 Å². The molecular formula is C14H26O4. The van der Waals surface area contributed by atoms with Gasteiger partial charge in [-0.15, -0.1) is 0 Å². The minimum absolute atomic E-state index is 0.288. The summed E-state index contributed by atoms with van der Waals surface area (Å²) in [5, 5.41) is 0. The van der Waals surface area contributed by atoms with Gasteiger partial charge in [-0.05, 0) is 18.3 Å². The third kappa shape index (κ3) is 5.07. The van der Waals surface area contributed by atoms with E-state index in [1.54, 1.807) is 0 Å². The van der Waals surface area contributed by atoms with Crippen LogP contribution in [0.25, 0.3) is 0 Å². The number of ether oxygens (including phenoxy) is 2. The molecule has 0 aromatic carbocycles. The number of carbonyl (C=O) groups excluding carboxylic acids is 2. The Morgan fingerprint density at radius 2 is 1.83 bits per heavy atom. The normalized spacial score (nSPS) is 15.1. The van der Waals surface area contributed by atoms with Gasteiger partial charge in [0.1, 0.15) is 0 Å². The lowest BCUT2D eigenvalue weighted by Crippen LogP contribution is -2.40. The molecule has 0 spiro atoms. The van der Waals surface area contributed by atoms with Crippen LogP contribution in [0.1, 0.15) is 48.0 Å². The Bertz CT molecular complexity index is 271. The van der Waals surface area contributed by atoms with Crippen molar-refractivity contribution in [3.8, 4) is 0 Å². The van der Waals surface area contributed by atoms with E-state index >= 15 is 0 Å². The van der Waals surface area contributed by atoms with E-state index in [9.17, 15) is 9.59 Å². The molecule has 0 saturated heterocycles. The topological polar surface area (TPSA) is 52.6 Å². The second-order valence-electron chi connectivity index (χ2n) is 5.81. The monoisotopic (exact) mass is 258 g/mol. The van der Waals surface area contributed by atoms with Crippen LogP contribution in [0.5, 0.6) is 0 Å². The third-order valence-corrected chi connectivity index (χ3v) is 3.65. The van der Waals surface area contributed by atoms with Crippen LogP contribution in [-0.2, 0) is 19.1 Å². The lowest BCUT2D eigenvalue weighted by Gasteiger charge is -2.30. The quantitative estimate of drug-likeness (QED) is 0.496. The molecule has 2 unspecified atom stereocenters. The number of carbonyl (C=O) groups is 2. The minimum atomic E-state index is -0.834. The molecule has 18 heavy (non-hydrogen) atoms. The number of hydrogen-bond donors (Lipinski definition) is 0. The Morgan fingerprint density at radius 1 is 1.28 bits per heavy atom. The zero-order valence-corrected chi connectivity index (χ0v) is 12.4. The first-order valence-corrected chi connectivity index (χ1v) is 6.52. The molecule has 0 heterocycles. The van der Waals surface area contributed by atoms with Crippen LogP contribution in [0.4, 0.5) is 0 Å². The van der Waals surface area contributed by atoms with E-state index in [0.29, 0.717) is 19.0 Å². The van der Waals surface area contributed by atoms with Gasteiger partial charge in [-0.2, -0.15) is 0 Å². The van der Waals surface area contributed by atoms with Crippen molar-refractivity contribution in [2.75, 3.05) is 6.61 Å². The van der Waals surface area contributed by atoms with E-state index in [1.807, 2.05) is 27.7 Å². The zero-order chi connectivity index (χ0) is 14.3. The molecule has 0 rings (SSSR count). The highest BCUT2D eigenvalue weighted by Crippen LogP contribution is 2.28. The molecule has 0 aromatic heterocycles. The average molecular weight is 258 g/mol. The van der Waals surface area contributed by atoms with Gasteiger partial charge in [0.05, 0.1) is 6.61 Å². The maximum atomic E-state index is 12.0. The summed E-state index contributed by atoms with van der Waals surface area (Å²) in [6.45, 7) is 12.6. The molecule has 0 aliphatic rings. The van der Waals surface area contributed by atoms with Crippen molar-refractivity contribution >= 4 is 12.4 Å². The Kier molecular flexibility index (Phi) is 6.96. The van der Waals surface area contributed by atoms with Crippen LogP contribution in [0, 0.1) is 17.3 Å². The molecule has 4 nitrogen and oxygen atoms in total. The first-order valence-electron chi connectivity index (χ1n) is 6.52. The van der Waals surface area contributed by atoms with Crippen molar-refractivity contribution in [1.29, 1.82) is 0 Å². The molecule has 0 aliphatic heterocycles. The van der Waals surface area contributed by atoms with Gasteiger partial charge in [-0.25, -0.2) is 4.79 Å². The molecule has 106 valence electrons. The van der Waals surface area contributed by atoms with Crippen LogP contribution < -0.4 is 0 Å². The predicted molar refractivity (Wildman–Crippen MR) is 70.0 cm³/mol. The summed E-state index contributed by atoms with van der Waals surface area (Å²) < 4.78 is 10.1. The van der Waals surface area contributed by atoms with Crippen molar-refractivity contribution in [2.45, 2.75) is 54.1 Å². The zero-order valence-electron chi connectivity index (χ0n) is 12.4. The van der Waals surface area contributed by atoms with Crippen LogP contribution in [0.2, 0.25) is 0 Å². The first kappa shape index (κ1) is 16.9. The van der Waals surface area contributed by atoms with Gasteiger partial charge >= 0.3 is 5.97 Å². The summed E-state index contributed by atoms with van der Waals surface area (Å²) in [5.41, 5.74) is -0.418. The summed E-state index contributed by atoms with van der Waals surface area (Å²) in [6, 6.07) is 0. The van der Waals surface area contributed by atoms with Gasteiger partial charge in [0.25, 0.3) is 6.47 Å². The molecule has 0 N–H and O–H groups in total. The van der Waals surface area contributed by atoms with Crippen LogP contribution >= 0.6 is 0 Å². The standard InChI is InChI=1S/C14H26O4/c1-7-14(5,6)12(18-9-15)13(16)17-8-11(4)10(2)3/h9-12H,7-8H2,1-6H3. The van der Waals surface area contributed by atoms with Gasteiger partial charge in [-0.1, -0.05) is 41.5 Å². The van der Waals surface area contributed by atoms with Gasteiger partial charge in [-0.3, -0.25) is 4.79 Å². The van der Waals surface area contributed by atoms with Crippen LogP contribution in [0.15, 0.2) is 0 Å². The first-order chi connectivity index (χ1) is 8.26. The van der Waals surface area contributed by atoms with E-state index < -0.39 is 17.5 Å². The minimum Gasteiger partial charge on any atom is -0.463 e. The van der Waals surface area contributed by atoms with Gasteiger partial charge < -0.3 is 9.47 Å². The Labute approximate surface area is 110 Å². The smallest absolute Gasteiger partial charge is 0.348 e. The van der Waals surface area contributed by atoms with E-state index in [2.05, 4.69) is 13.8 Å². The average Bonchev–Trinajstić information content (AvgIpc) is 2.32. The molecule has 0 bridgehead atoms. The third-order valence-electron chi connectivity index (χ3n) is 3.65. The maximum Gasteiger partial charge on any atom is 0.348 e. The second-order valence-corrected chi connectivity index (χ2v) is 5.81. The SMILES string of the molecule is CCC(C)(C)C(OC=O)C(=O)OCC(C)C(C)C. The molecule has 0 aliphatic carbocycles. The van der Waals surface area contributed by atoms with Gasteiger partial charge in [0, 0.05) is 5.41 Å². The van der Waals surface area contributed by atoms with Crippen molar-refractivity contribution < 1.29 is 19.1 Å². The Morgan fingerprint density at radius 3 is 2.22 bits per heavy atom. The van der Waals surface area contributed by atoms with E-state index in [0.717, 1.165) is 6.42 Å². The highest BCUT2D eigenvalue weighted by atomic mass is 16.6. The molecule has 0 fully saturated rings. The van der Waals surface area contributed by atoms with Crippen molar-refractivity contribution in [3.05, 3.63) is 0 Å². The van der Waals surface area contributed by atoms with Gasteiger partial charge in [0.15, 0.2) is 0 Å².